The van der Waals surface area contributed by atoms with Gasteiger partial charge in [-0.1, -0.05) is 12.8 Å². The van der Waals surface area contributed by atoms with E-state index in [2.05, 4.69) is 29.4 Å². The number of hydrogen-bond acceptors (Lipinski definition) is 4. The van der Waals surface area contributed by atoms with Crippen LogP contribution in [0.4, 0.5) is 0 Å². The Bertz CT molecular complexity index is 329. The maximum Gasteiger partial charge on any atom is 0.138 e. The maximum atomic E-state index is 5.58. The first-order valence-electron chi connectivity index (χ1n) is 6.05. The molecule has 1 heterocycles. The zero-order valence-electron chi connectivity index (χ0n) is 10.1. The normalized spacial score (nSPS) is 18.0. The Hall–Kier alpha value is -0.940. The van der Waals surface area contributed by atoms with Gasteiger partial charge in [-0.3, -0.25) is 11.3 Å². The molecule has 1 aliphatic rings. The molecule has 3 N–H and O–H groups in total. The van der Waals surface area contributed by atoms with Crippen LogP contribution >= 0.6 is 0 Å². The third kappa shape index (κ3) is 2.80. The lowest BCUT2D eigenvalue weighted by Gasteiger charge is -2.16. The standard InChI is InChI=1S/C11H21N5/c1-8(2)16-11(13-7-14-16)6-10(15-12)5-9-3-4-9/h7-10,15H,3-6,12H2,1-2H3. The Labute approximate surface area is 96.4 Å². The molecule has 1 aromatic rings. The second-order valence-corrected chi connectivity index (χ2v) is 4.96. The summed E-state index contributed by atoms with van der Waals surface area (Å²) < 4.78 is 1.97. The van der Waals surface area contributed by atoms with Crippen molar-refractivity contribution < 1.29 is 0 Å². The summed E-state index contributed by atoms with van der Waals surface area (Å²) in [4.78, 5) is 4.31. The van der Waals surface area contributed by atoms with Crippen LogP contribution in [-0.2, 0) is 6.42 Å². The molecular formula is C11H21N5. The van der Waals surface area contributed by atoms with Gasteiger partial charge in [-0.05, 0) is 26.2 Å². The van der Waals surface area contributed by atoms with Gasteiger partial charge in [0.15, 0.2) is 0 Å². The van der Waals surface area contributed by atoms with E-state index in [-0.39, 0.29) is 0 Å². The number of nitrogens with zero attached hydrogens (tertiary/aromatic N) is 3. The van der Waals surface area contributed by atoms with Gasteiger partial charge in [-0.15, -0.1) is 0 Å². The monoisotopic (exact) mass is 223 g/mol. The first-order valence-corrected chi connectivity index (χ1v) is 6.05. The smallest absolute Gasteiger partial charge is 0.138 e. The predicted molar refractivity (Wildman–Crippen MR) is 62.6 cm³/mol. The quantitative estimate of drug-likeness (QED) is 0.558. The van der Waals surface area contributed by atoms with E-state index in [1.165, 1.54) is 12.8 Å². The van der Waals surface area contributed by atoms with Crippen LogP contribution in [0.3, 0.4) is 0 Å². The summed E-state index contributed by atoms with van der Waals surface area (Å²) in [6.45, 7) is 4.23. The number of hydrogen-bond donors (Lipinski definition) is 2. The van der Waals surface area contributed by atoms with Crippen LogP contribution in [0.2, 0.25) is 0 Å². The average molecular weight is 223 g/mol. The van der Waals surface area contributed by atoms with Crippen molar-refractivity contribution in [3.05, 3.63) is 12.2 Å². The Morgan fingerprint density at radius 3 is 2.88 bits per heavy atom. The highest BCUT2D eigenvalue weighted by Crippen LogP contribution is 2.33. The molecule has 0 aliphatic heterocycles. The number of nitrogens with one attached hydrogen (secondary N) is 1. The molecule has 1 aliphatic carbocycles. The summed E-state index contributed by atoms with van der Waals surface area (Å²) in [6.07, 6.45) is 6.36. The molecule has 1 fully saturated rings. The highest BCUT2D eigenvalue weighted by molar-refractivity contribution is 4.92. The second-order valence-electron chi connectivity index (χ2n) is 4.96. The van der Waals surface area contributed by atoms with Crippen molar-refractivity contribution in [3.8, 4) is 0 Å². The molecule has 5 nitrogen and oxygen atoms in total. The predicted octanol–water partition coefficient (Wildman–Crippen LogP) is 1.03. The van der Waals surface area contributed by atoms with E-state index < -0.39 is 0 Å². The lowest BCUT2D eigenvalue weighted by atomic mass is 10.1. The average Bonchev–Trinajstić information content (AvgIpc) is 2.93. The zero-order chi connectivity index (χ0) is 11.5. The molecule has 1 unspecified atom stereocenters. The summed E-state index contributed by atoms with van der Waals surface area (Å²) in [5, 5.41) is 4.23. The van der Waals surface area contributed by atoms with Crippen molar-refractivity contribution >= 4 is 0 Å². The van der Waals surface area contributed by atoms with Crippen molar-refractivity contribution in [3.63, 3.8) is 0 Å². The van der Waals surface area contributed by atoms with Gasteiger partial charge >= 0.3 is 0 Å². The lowest BCUT2D eigenvalue weighted by molar-refractivity contribution is 0.430. The third-order valence-electron chi connectivity index (χ3n) is 3.12. The van der Waals surface area contributed by atoms with Gasteiger partial charge in [-0.25, -0.2) is 9.67 Å². The summed E-state index contributed by atoms with van der Waals surface area (Å²) in [5.74, 6) is 7.48. The number of aromatic nitrogens is 3. The van der Waals surface area contributed by atoms with Crippen LogP contribution in [0.1, 0.15) is 45.0 Å². The van der Waals surface area contributed by atoms with E-state index in [0.717, 1.165) is 24.6 Å². The van der Waals surface area contributed by atoms with Crippen molar-refractivity contribution in [2.45, 2.75) is 51.6 Å². The summed E-state index contributed by atoms with van der Waals surface area (Å²) >= 11 is 0. The highest BCUT2D eigenvalue weighted by Gasteiger charge is 2.26. The molecule has 0 radical (unpaired) electrons. The Morgan fingerprint density at radius 2 is 2.31 bits per heavy atom. The van der Waals surface area contributed by atoms with E-state index in [0.29, 0.717) is 12.1 Å². The van der Waals surface area contributed by atoms with Gasteiger partial charge in [0.05, 0.1) is 0 Å². The fraction of sp³-hybridized carbons (Fsp3) is 0.818. The van der Waals surface area contributed by atoms with Crippen molar-refractivity contribution in [2.24, 2.45) is 11.8 Å². The van der Waals surface area contributed by atoms with Crippen molar-refractivity contribution in [1.82, 2.24) is 20.2 Å². The molecule has 0 amide bonds. The van der Waals surface area contributed by atoms with Gasteiger partial charge in [0.25, 0.3) is 0 Å². The number of rotatable bonds is 6. The fourth-order valence-electron chi connectivity index (χ4n) is 2.04. The van der Waals surface area contributed by atoms with Crippen LogP contribution in [0, 0.1) is 5.92 Å². The summed E-state index contributed by atoms with van der Waals surface area (Å²) in [5.41, 5.74) is 2.90. The molecule has 1 saturated carbocycles. The van der Waals surface area contributed by atoms with Gasteiger partial charge in [0.2, 0.25) is 0 Å². The van der Waals surface area contributed by atoms with Crippen LogP contribution < -0.4 is 11.3 Å². The van der Waals surface area contributed by atoms with Gasteiger partial charge < -0.3 is 0 Å². The third-order valence-corrected chi connectivity index (χ3v) is 3.12. The van der Waals surface area contributed by atoms with Gasteiger partial charge in [-0.2, -0.15) is 5.10 Å². The van der Waals surface area contributed by atoms with Crippen LogP contribution in [0.25, 0.3) is 0 Å². The SMILES string of the molecule is CC(C)n1ncnc1CC(CC1CC1)NN. The molecular weight excluding hydrogens is 202 g/mol. The lowest BCUT2D eigenvalue weighted by Crippen LogP contribution is -2.38. The molecule has 0 saturated heterocycles. The molecule has 5 heteroatoms. The van der Waals surface area contributed by atoms with Gasteiger partial charge in [0.1, 0.15) is 12.2 Å². The maximum absolute atomic E-state index is 5.58. The Balaban J connectivity index is 1.97. The fourth-order valence-corrected chi connectivity index (χ4v) is 2.04. The van der Waals surface area contributed by atoms with Crippen LogP contribution in [0.5, 0.6) is 0 Å². The van der Waals surface area contributed by atoms with Crippen LogP contribution in [0.15, 0.2) is 6.33 Å². The number of hydrazine groups is 1. The minimum Gasteiger partial charge on any atom is -0.271 e. The van der Waals surface area contributed by atoms with Crippen molar-refractivity contribution in [1.29, 1.82) is 0 Å². The van der Waals surface area contributed by atoms with Crippen LogP contribution in [-0.4, -0.2) is 20.8 Å². The molecule has 1 atom stereocenters. The van der Waals surface area contributed by atoms with E-state index in [1.807, 2.05) is 4.68 Å². The Kier molecular flexibility index (Phi) is 3.56. The summed E-state index contributed by atoms with van der Waals surface area (Å²) in [6, 6.07) is 0.686. The second kappa shape index (κ2) is 4.93. The highest BCUT2D eigenvalue weighted by atomic mass is 15.3. The Morgan fingerprint density at radius 1 is 1.56 bits per heavy atom. The summed E-state index contributed by atoms with van der Waals surface area (Å²) in [7, 11) is 0. The molecule has 0 bridgehead atoms. The minimum absolute atomic E-state index is 0.328. The van der Waals surface area contributed by atoms with Gasteiger partial charge in [0, 0.05) is 18.5 Å². The first-order chi connectivity index (χ1) is 7.70. The molecule has 16 heavy (non-hydrogen) atoms. The molecule has 90 valence electrons. The molecule has 0 aromatic carbocycles. The molecule has 0 spiro atoms. The minimum atomic E-state index is 0.328. The number of nitrogens with two attached hydrogens (primary N) is 1. The van der Waals surface area contributed by atoms with E-state index in [1.54, 1.807) is 6.33 Å². The molecule has 1 aromatic heterocycles. The molecule has 2 rings (SSSR count). The van der Waals surface area contributed by atoms with E-state index >= 15 is 0 Å². The van der Waals surface area contributed by atoms with E-state index in [9.17, 15) is 0 Å². The first kappa shape index (κ1) is 11.5. The van der Waals surface area contributed by atoms with E-state index in [4.69, 9.17) is 5.84 Å². The largest absolute Gasteiger partial charge is 0.271 e. The zero-order valence-corrected chi connectivity index (χ0v) is 10.1. The van der Waals surface area contributed by atoms with Crippen molar-refractivity contribution in [2.75, 3.05) is 0 Å². The topological polar surface area (TPSA) is 68.8 Å².